The van der Waals surface area contributed by atoms with Crippen molar-refractivity contribution in [2.45, 2.75) is 19.9 Å². The van der Waals surface area contributed by atoms with Gasteiger partial charge in [0, 0.05) is 6.07 Å². The van der Waals surface area contributed by atoms with E-state index in [1.54, 1.807) is 26.0 Å². The number of amides is 1. The van der Waals surface area contributed by atoms with Gasteiger partial charge >= 0.3 is 0 Å². The zero-order chi connectivity index (χ0) is 15.6. The van der Waals surface area contributed by atoms with Gasteiger partial charge < -0.3 is 14.8 Å². The number of hydrogen-bond acceptors (Lipinski definition) is 5. The van der Waals surface area contributed by atoms with E-state index in [1.807, 2.05) is 0 Å². The van der Waals surface area contributed by atoms with Crippen LogP contribution in [0.25, 0.3) is 0 Å². The smallest absolute Gasteiger partial charge is 0.282 e. The molecule has 0 saturated heterocycles. The zero-order valence-corrected chi connectivity index (χ0v) is 11.5. The lowest BCUT2D eigenvalue weighted by Gasteiger charge is -2.11. The van der Waals surface area contributed by atoms with Crippen LogP contribution in [0.5, 0.6) is 5.75 Å². The molecule has 0 fully saturated rings. The van der Waals surface area contributed by atoms with Gasteiger partial charge in [-0.2, -0.15) is 0 Å². The Hall–Kier alpha value is -2.83. The van der Waals surface area contributed by atoms with Gasteiger partial charge in [0.25, 0.3) is 11.6 Å². The maximum Gasteiger partial charge on any atom is 0.282 e. The number of furan rings is 1. The van der Waals surface area contributed by atoms with Crippen molar-refractivity contribution in [2.75, 3.05) is 0 Å². The molecule has 0 aliphatic carbocycles. The highest BCUT2D eigenvalue weighted by Crippen LogP contribution is 2.24. The summed E-state index contributed by atoms with van der Waals surface area (Å²) in [5.74, 6) is 0.379. The minimum absolute atomic E-state index is 0.199. The van der Waals surface area contributed by atoms with Crippen molar-refractivity contribution in [3.8, 4) is 5.75 Å². The van der Waals surface area contributed by atoms with E-state index in [0.29, 0.717) is 11.5 Å². The van der Waals surface area contributed by atoms with Crippen LogP contribution in [0.3, 0.4) is 0 Å². The summed E-state index contributed by atoms with van der Waals surface area (Å²) in [6.45, 7) is 3.48. The van der Waals surface area contributed by atoms with Crippen molar-refractivity contribution >= 4 is 11.6 Å². The van der Waals surface area contributed by atoms with Crippen molar-refractivity contribution in [2.24, 2.45) is 0 Å². The van der Waals surface area contributed by atoms with Crippen LogP contribution >= 0.6 is 0 Å². The largest absolute Gasteiger partial charge is 0.508 e. The highest BCUT2D eigenvalue weighted by molar-refractivity contribution is 5.98. The molecule has 2 rings (SSSR count). The van der Waals surface area contributed by atoms with Gasteiger partial charge in [0.15, 0.2) is 0 Å². The molecule has 1 amide bonds. The molecule has 7 nitrogen and oxygen atoms in total. The van der Waals surface area contributed by atoms with Crippen LogP contribution in [0.1, 0.15) is 34.8 Å². The molecule has 1 aromatic heterocycles. The van der Waals surface area contributed by atoms with Crippen LogP contribution in [-0.4, -0.2) is 15.9 Å². The van der Waals surface area contributed by atoms with Crippen LogP contribution in [0.15, 0.2) is 34.7 Å². The predicted molar refractivity (Wildman–Crippen MR) is 74.1 cm³/mol. The molecular formula is C14H14N2O5. The van der Waals surface area contributed by atoms with Gasteiger partial charge in [0.05, 0.1) is 11.0 Å². The summed E-state index contributed by atoms with van der Waals surface area (Å²) in [4.78, 5) is 22.4. The lowest BCUT2D eigenvalue weighted by atomic mass is 10.1. The molecule has 1 unspecified atom stereocenters. The van der Waals surface area contributed by atoms with Crippen LogP contribution in [0.4, 0.5) is 5.69 Å². The number of phenolic OH excluding ortho intramolecular Hbond substituents is 1. The molecule has 7 heteroatoms. The van der Waals surface area contributed by atoms with Gasteiger partial charge in [-0.15, -0.1) is 0 Å². The SMILES string of the molecule is Cc1ccc(C(C)NC(=O)c2cc(O)ccc2[N+](=O)[O-])o1. The first-order chi connectivity index (χ1) is 9.88. The van der Waals surface area contributed by atoms with Crippen LogP contribution < -0.4 is 5.32 Å². The Kier molecular flexibility index (Phi) is 3.93. The maximum absolute atomic E-state index is 12.1. The number of nitro groups is 1. The first kappa shape index (κ1) is 14.6. The van der Waals surface area contributed by atoms with Crippen LogP contribution in [-0.2, 0) is 0 Å². The number of nitrogens with one attached hydrogen (secondary N) is 1. The summed E-state index contributed by atoms with van der Waals surface area (Å²) in [5, 5.41) is 22.9. The lowest BCUT2D eigenvalue weighted by molar-refractivity contribution is -0.385. The average Bonchev–Trinajstić information content (AvgIpc) is 2.85. The highest BCUT2D eigenvalue weighted by Gasteiger charge is 2.23. The number of rotatable bonds is 4. The fourth-order valence-electron chi connectivity index (χ4n) is 1.90. The van der Waals surface area contributed by atoms with E-state index in [1.165, 1.54) is 0 Å². The second kappa shape index (κ2) is 5.66. The number of aromatic hydroxyl groups is 1. The fourth-order valence-corrected chi connectivity index (χ4v) is 1.90. The monoisotopic (exact) mass is 290 g/mol. The van der Waals surface area contributed by atoms with Crippen molar-refractivity contribution in [3.05, 3.63) is 57.5 Å². The van der Waals surface area contributed by atoms with E-state index in [4.69, 9.17) is 4.42 Å². The molecule has 0 aliphatic rings. The Morgan fingerprint density at radius 2 is 2.10 bits per heavy atom. The molecule has 110 valence electrons. The molecule has 1 atom stereocenters. The molecule has 0 spiro atoms. The first-order valence-electron chi connectivity index (χ1n) is 6.23. The molecule has 1 aromatic carbocycles. The van der Waals surface area contributed by atoms with E-state index < -0.39 is 16.9 Å². The third-order valence-corrected chi connectivity index (χ3v) is 2.96. The van der Waals surface area contributed by atoms with Crippen LogP contribution in [0.2, 0.25) is 0 Å². The Morgan fingerprint density at radius 3 is 2.67 bits per heavy atom. The number of carbonyl (C=O) groups is 1. The standard InChI is InChI=1S/C14H14N2O5/c1-8-3-6-13(21-8)9(2)15-14(18)11-7-10(17)4-5-12(11)16(19)20/h3-7,9,17H,1-2H3,(H,15,18). The number of benzene rings is 1. The van der Waals surface area contributed by atoms with Crippen molar-refractivity contribution in [1.82, 2.24) is 5.32 Å². The summed E-state index contributed by atoms with van der Waals surface area (Å²) in [5.41, 5.74) is -0.566. The predicted octanol–water partition coefficient (Wildman–Crippen LogP) is 2.69. The molecule has 0 saturated carbocycles. The second-order valence-corrected chi connectivity index (χ2v) is 4.60. The summed E-state index contributed by atoms with van der Waals surface area (Å²) < 4.78 is 5.39. The lowest BCUT2D eigenvalue weighted by Crippen LogP contribution is -2.27. The van der Waals surface area contributed by atoms with Gasteiger partial charge in [-0.25, -0.2) is 0 Å². The Bertz CT molecular complexity index is 692. The van der Waals surface area contributed by atoms with E-state index in [-0.39, 0.29) is 17.0 Å². The number of nitro benzene ring substituents is 1. The Balaban J connectivity index is 2.24. The van der Waals surface area contributed by atoms with E-state index in [0.717, 1.165) is 18.2 Å². The van der Waals surface area contributed by atoms with E-state index in [9.17, 15) is 20.0 Å². The molecule has 2 N–H and O–H groups in total. The number of nitrogens with zero attached hydrogens (tertiary/aromatic N) is 1. The minimum atomic E-state index is -0.671. The summed E-state index contributed by atoms with van der Waals surface area (Å²) in [7, 11) is 0. The molecule has 0 radical (unpaired) electrons. The Morgan fingerprint density at radius 1 is 1.38 bits per heavy atom. The van der Waals surface area contributed by atoms with Crippen molar-refractivity contribution < 1.29 is 19.2 Å². The average molecular weight is 290 g/mol. The summed E-state index contributed by atoms with van der Waals surface area (Å²) in [6.07, 6.45) is 0. The number of phenols is 1. The Labute approximate surface area is 120 Å². The fraction of sp³-hybridized carbons (Fsp3) is 0.214. The van der Waals surface area contributed by atoms with Crippen molar-refractivity contribution in [3.63, 3.8) is 0 Å². The van der Waals surface area contributed by atoms with Gasteiger partial charge in [0.2, 0.25) is 0 Å². The van der Waals surface area contributed by atoms with E-state index in [2.05, 4.69) is 5.32 Å². The first-order valence-corrected chi connectivity index (χ1v) is 6.23. The van der Waals surface area contributed by atoms with Gasteiger partial charge in [0.1, 0.15) is 22.8 Å². The molecular weight excluding hydrogens is 276 g/mol. The summed E-state index contributed by atoms with van der Waals surface area (Å²) in [6, 6.07) is 6.34. The van der Waals surface area contributed by atoms with Gasteiger partial charge in [-0.05, 0) is 38.1 Å². The third-order valence-electron chi connectivity index (χ3n) is 2.96. The number of carbonyl (C=O) groups excluding carboxylic acids is 1. The highest BCUT2D eigenvalue weighted by atomic mass is 16.6. The topological polar surface area (TPSA) is 106 Å². The maximum atomic E-state index is 12.1. The molecule has 1 heterocycles. The van der Waals surface area contributed by atoms with Gasteiger partial charge in [-0.3, -0.25) is 14.9 Å². The minimum Gasteiger partial charge on any atom is -0.508 e. The second-order valence-electron chi connectivity index (χ2n) is 4.60. The molecule has 0 aliphatic heterocycles. The normalized spacial score (nSPS) is 11.9. The zero-order valence-electron chi connectivity index (χ0n) is 11.5. The number of hydrogen-bond donors (Lipinski definition) is 2. The van der Waals surface area contributed by atoms with Crippen molar-refractivity contribution in [1.29, 1.82) is 0 Å². The molecule has 0 bridgehead atoms. The summed E-state index contributed by atoms with van der Waals surface area (Å²) >= 11 is 0. The number of aryl methyl sites for hydroxylation is 1. The van der Waals surface area contributed by atoms with Gasteiger partial charge in [-0.1, -0.05) is 0 Å². The molecule has 21 heavy (non-hydrogen) atoms. The third kappa shape index (κ3) is 3.19. The van der Waals surface area contributed by atoms with E-state index >= 15 is 0 Å². The van der Waals surface area contributed by atoms with Crippen LogP contribution in [0, 0.1) is 17.0 Å². The quantitative estimate of drug-likeness (QED) is 0.665. The molecule has 2 aromatic rings.